The Balaban J connectivity index is 2.68. The standard InChI is InChI=1S/C13H10Cl2/c14-9-3-7-11-5-1-4-10-6-2-8-12(15)13(10)11/h1-8H,9H2. The Bertz CT molecular complexity index is 496. The highest BCUT2D eigenvalue weighted by molar-refractivity contribution is 6.36. The summed E-state index contributed by atoms with van der Waals surface area (Å²) in [5.74, 6) is 0.515. The van der Waals surface area contributed by atoms with Gasteiger partial charge in [-0.25, -0.2) is 0 Å². The van der Waals surface area contributed by atoms with Crippen LogP contribution in [0.4, 0.5) is 0 Å². The summed E-state index contributed by atoms with van der Waals surface area (Å²) in [6.45, 7) is 0. The lowest BCUT2D eigenvalue weighted by molar-refractivity contribution is 1.69. The molecule has 0 nitrogen and oxygen atoms in total. The highest BCUT2D eigenvalue weighted by Gasteiger charge is 2.01. The molecule has 0 unspecified atom stereocenters. The zero-order valence-electron chi connectivity index (χ0n) is 8.08. The number of hydrogen-bond donors (Lipinski definition) is 0. The largest absolute Gasteiger partial charge is 0.122 e. The molecule has 2 rings (SSSR count). The number of alkyl halides is 1. The van der Waals surface area contributed by atoms with Crippen molar-refractivity contribution in [3.8, 4) is 0 Å². The first-order valence-corrected chi connectivity index (χ1v) is 5.64. The minimum atomic E-state index is 0.515. The lowest BCUT2D eigenvalue weighted by Gasteiger charge is -2.03. The van der Waals surface area contributed by atoms with Gasteiger partial charge in [-0.1, -0.05) is 54.1 Å². The Morgan fingerprint density at radius 2 is 1.80 bits per heavy atom. The number of allylic oxidation sites excluding steroid dienone is 1. The van der Waals surface area contributed by atoms with Gasteiger partial charge in [0.15, 0.2) is 0 Å². The quantitative estimate of drug-likeness (QED) is 0.661. The first kappa shape index (κ1) is 10.5. The average Bonchev–Trinajstić information content (AvgIpc) is 2.26. The maximum absolute atomic E-state index is 6.17. The van der Waals surface area contributed by atoms with E-state index in [2.05, 4.69) is 12.1 Å². The van der Waals surface area contributed by atoms with Crippen molar-refractivity contribution in [2.45, 2.75) is 0 Å². The van der Waals surface area contributed by atoms with Crippen LogP contribution in [0, 0.1) is 0 Å². The van der Waals surface area contributed by atoms with Crippen molar-refractivity contribution in [2.75, 3.05) is 5.88 Å². The first-order valence-electron chi connectivity index (χ1n) is 4.72. The van der Waals surface area contributed by atoms with E-state index in [-0.39, 0.29) is 0 Å². The molecule has 0 spiro atoms. The van der Waals surface area contributed by atoms with Gasteiger partial charge in [0.1, 0.15) is 0 Å². The topological polar surface area (TPSA) is 0 Å². The molecule has 15 heavy (non-hydrogen) atoms. The molecular weight excluding hydrogens is 227 g/mol. The first-order chi connectivity index (χ1) is 7.33. The second-order valence-corrected chi connectivity index (χ2v) is 3.96. The predicted octanol–water partition coefficient (Wildman–Crippen LogP) is 4.75. The van der Waals surface area contributed by atoms with Gasteiger partial charge >= 0.3 is 0 Å². The van der Waals surface area contributed by atoms with Gasteiger partial charge in [0.05, 0.1) is 0 Å². The van der Waals surface area contributed by atoms with E-state index in [0.29, 0.717) is 5.88 Å². The Kier molecular flexibility index (Phi) is 3.30. The van der Waals surface area contributed by atoms with Gasteiger partial charge in [0, 0.05) is 16.3 Å². The number of rotatable bonds is 2. The van der Waals surface area contributed by atoms with Gasteiger partial charge < -0.3 is 0 Å². The Hall–Kier alpha value is -0.980. The SMILES string of the molecule is ClCC=Cc1cccc2cccc(Cl)c12. The van der Waals surface area contributed by atoms with Crippen LogP contribution in [-0.2, 0) is 0 Å². The van der Waals surface area contributed by atoms with E-state index in [1.165, 1.54) is 0 Å². The summed E-state index contributed by atoms with van der Waals surface area (Å²) >= 11 is 11.8. The fourth-order valence-electron chi connectivity index (χ4n) is 1.63. The summed E-state index contributed by atoms with van der Waals surface area (Å²) in [4.78, 5) is 0. The molecule has 2 aromatic rings. The molecule has 2 heteroatoms. The molecule has 0 heterocycles. The molecule has 0 aliphatic carbocycles. The normalized spacial score (nSPS) is 11.3. The molecule has 0 radical (unpaired) electrons. The van der Waals surface area contributed by atoms with E-state index in [9.17, 15) is 0 Å². The van der Waals surface area contributed by atoms with E-state index >= 15 is 0 Å². The molecule has 2 aromatic carbocycles. The van der Waals surface area contributed by atoms with Crippen LogP contribution in [-0.4, -0.2) is 5.88 Å². The molecule has 0 atom stereocenters. The van der Waals surface area contributed by atoms with Gasteiger partial charge in [-0.3, -0.25) is 0 Å². The lowest BCUT2D eigenvalue weighted by Crippen LogP contribution is -1.79. The van der Waals surface area contributed by atoms with Gasteiger partial charge in [-0.2, -0.15) is 0 Å². The summed E-state index contributed by atoms with van der Waals surface area (Å²) < 4.78 is 0. The van der Waals surface area contributed by atoms with Crippen molar-refractivity contribution in [2.24, 2.45) is 0 Å². The maximum atomic E-state index is 6.17. The smallest absolute Gasteiger partial charge is 0.0490 e. The molecule has 0 aliphatic heterocycles. The Morgan fingerprint density at radius 3 is 2.53 bits per heavy atom. The van der Waals surface area contributed by atoms with Crippen molar-refractivity contribution in [1.29, 1.82) is 0 Å². The highest BCUT2D eigenvalue weighted by Crippen LogP contribution is 2.27. The monoisotopic (exact) mass is 236 g/mol. The van der Waals surface area contributed by atoms with Crippen LogP contribution in [0.1, 0.15) is 5.56 Å². The fourth-order valence-corrected chi connectivity index (χ4v) is 2.01. The van der Waals surface area contributed by atoms with Crippen LogP contribution in [0.3, 0.4) is 0 Å². The summed E-state index contributed by atoms with van der Waals surface area (Å²) in [5.41, 5.74) is 1.11. The predicted molar refractivity (Wildman–Crippen MR) is 68.7 cm³/mol. The second kappa shape index (κ2) is 4.69. The van der Waals surface area contributed by atoms with Crippen LogP contribution in [0.25, 0.3) is 16.8 Å². The fraction of sp³-hybridized carbons (Fsp3) is 0.0769. The molecular formula is C13H10Cl2. The van der Waals surface area contributed by atoms with E-state index in [0.717, 1.165) is 21.4 Å². The molecule has 0 fully saturated rings. The number of halogens is 2. The van der Waals surface area contributed by atoms with Crippen LogP contribution in [0.5, 0.6) is 0 Å². The van der Waals surface area contributed by atoms with E-state index in [1.54, 1.807) is 0 Å². The summed E-state index contributed by atoms with van der Waals surface area (Å²) in [7, 11) is 0. The molecule has 0 N–H and O–H groups in total. The van der Waals surface area contributed by atoms with E-state index < -0.39 is 0 Å². The summed E-state index contributed by atoms with van der Waals surface area (Å²) in [6.07, 6.45) is 3.92. The molecule has 0 aliphatic rings. The van der Waals surface area contributed by atoms with Crippen molar-refractivity contribution >= 4 is 40.1 Å². The maximum Gasteiger partial charge on any atom is 0.0490 e. The summed E-state index contributed by atoms with van der Waals surface area (Å²) in [6, 6.07) is 12.0. The average molecular weight is 237 g/mol. The molecule has 0 amide bonds. The van der Waals surface area contributed by atoms with Gasteiger partial charge in [0.25, 0.3) is 0 Å². The van der Waals surface area contributed by atoms with Crippen LogP contribution >= 0.6 is 23.2 Å². The zero-order valence-corrected chi connectivity index (χ0v) is 9.59. The van der Waals surface area contributed by atoms with Crippen molar-refractivity contribution < 1.29 is 0 Å². The van der Waals surface area contributed by atoms with Crippen molar-refractivity contribution in [3.05, 3.63) is 53.1 Å². The second-order valence-electron chi connectivity index (χ2n) is 3.24. The highest BCUT2D eigenvalue weighted by atomic mass is 35.5. The Labute approximate surface area is 99.1 Å². The number of benzene rings is 2. The minimum absolute atomic E-state index is 0.515. The van der Waals surface area contributed by atoms with Gasteiger partial charge in [-0.15, -0.1) is 11.6 Å². The molecule has 0 saturated carbocycles. The molecule has 0 bridgehead atoms. The summed E-state index contributed by atoms with van der Waals surface area (Å²) in [5, 5.41) is 3.02. The van der Waals surface area contributed by atoms with Crippen LogP contribution in [0.2, 0.25) is 5.02 Å². The van der Waals surface area contributed by atoms with Crippen molar-refractivity contribution in [3.63, 3.8) is 0 Å². The molecule has 0 saturated heterocycles. The van der Waals surface area contributed by atoms with E-state index in [4.69, 9.17) is 23.2 Å². The van der Waals surface area contributed by atoms with E-state index in [1.807, 2.05) is 36.4 Å². The number of fused-ring (bicyclic) bond motifs is 1. The lowest BCUT2D eigenvalue weighted by atomic mass is 10.0. The van der Waals surface area contributed by atoms with Crippen molar-refractivity contribution in [1.82, 2.24) is 0 Å². The third-order valence-electron chi connectivity index (χ3n) is 2.27. The van der Waals surface area contributed by atoms with Crippen LogP contribution in [0.15, 0.2) is 42.5 Å². The van der Waals surface area contributed by atoms with Crippen LogP contribution < -0.4 is 0 Å². The third kappa shape index (κ3) is 2.17. The minimum Gasteiger partial charge on any atom is -0.122 e. The van der Waals surface area contributed by atoms with Gasteiger partial charge in [0.2, 0.25) is 0 Å². The number of hydrogen-bond acceptors (Lipinski definition) is 0. The molecule has 0 aromatic heterocycles. The molecule has 76 valence electrons. The third-order valence-corrected chi connectivity index (χ3v) is 2.77. The Morgan fingerprint density at radius 1 is 1.07 bits per heavy atom. The zero-order chi connectivity index (χ0) is 10.7. The van der Waals surface area contributed by atoms with Gasteiger partial charge in [-0.05, 0) is 17.0 Å².